The first kappa shape index (κ1) is 13.5. The Kier molecular flexibility index (Phi) is 3.57. The Balaban J connectivity index is 2.17. The summed E-state index contributed by atoms with van der Waals surface area (Å²) >= 11 is 0. The normalized spacial score (nSPS) is 22.8. The number of carbonyl (C=O) groups excluding carboxylic acids is 2. The first-order valence-electron chi connectivity index (χ1n) is 6.15. The Hall–Kier alpha value is -1.88. The molecule has 0 bridgehead atoms. The minimum absolute atomic E-state index is 0.169. The van der Waals surface area contributed by atoms with Gasteiger partial charge in [0, 0.05) is 7.11 Å². The molecule has 1 aliphatic rings. The largest absolute Gasteiger partial charge is 0.382 e. The van der Waals surface area contributed by atoms with Crippen molar-refractivity contribution in [2.24, 2.45) is 0 Å². The first-order valence-corrected chi connectivity index (χ1v) is 6.15. The highest BCUT2D eigenvalue weighted by Gasteiger charge is 2.47. The number of rotatable bonds is 4. The molecule has 1 fully saturated rings. The Morgan fingerprint density at radius 3 is 2.74 bits per heavy atom. The van der Waals surface area contributed by atoms with Crippen LogP contribution in [0.25, 0.3) is 0 Å². The van der Waals surface area contributed by atoms with Crippen LogP contribution in [0.2, 0.25) is 0 Å². The van der Waals surface area contributed by atoms with E-state index in [1.807, 2.05) is 31.2 Å². The Labute approximate surface area is 112 Å². The van der Waals surface area contributed by atoms with Crippen molar-refractivity contribution >= 4 is 11.9 Å². The van der Waals surface area contributed by atoms with E-state index >= 15 is 0 Å². The van der Waals surface area contributed by atoms with Crippen LogP contribution in [0.1, 0.15) is 18.1 Å². The molecule has 102 valence electrons. The summed E-state index contributed by atoms with van der Waals surface area (Å²) in [6.45, 7) is 4.10. The van der Waals surface area contributed by atoms with E-state index in [1.165, 1.54) is 12.0 Å². The quantitative estimate of drug-likeness (QED) is 0.836. The summed E-state index contributed by atoms with van der Waals surface area (Å²) in [7, 11) is 1.51. The minimum Gasteiger partial charge on any atom is -0.382 e. The number of imide groups is 1. The van der Waals surface area contributed by atoms with Gasteiger partial charge in [0.05, 0.1) is 13.2 Å². The molecule has 1 aromatic carbocycles. The lowest BCUT2D eigenvalue weighted by Gasteiger charge is -2.20. The highest BCUT2D eigenvalue weighted by Crippen LogP contribution is 2.20. The third-order valence-corrected chi connectivity index (χ3v) is 3.20. The third-order valence-electron chi connectivity index (χ3n) is 3.20. The number of nitrogens with one attached hydrogen (secondary N) is 1. The molecule has 1 heterocycles. The smallest absolute Gasteiger partial charge is 0.325 e. The number of methoxy groups -OCH3 is 1. The summed E-state index contributed by atoms with van der Waals surface area (Å²) in [5.41, 5.74) is 1.07. The fourth-order valence-electron chi connectivity index (χ4n) is 2.27. The van der Waals surface area contributed by atoms with E-state index in [1.54, 1.807) is 6.92 Å². The van der Waals surface area contributed by atoms with Crippen LogP contribution in [0.15, 0.2) is 24.3 Å². The molecule has 1 saturated heterocycles. The van der Waals surface area contributed by atoms with Crippen molar-refractivity contribution in [2.75, 3.05) is 13.7 Å². The number of urea groups is 1. The van der Waals surface area contributed by atoms with Crippen LogP contribution in [0.5, 0.6) is 0 Å². The summed E-state index contributed by atoms with van der Waals surface area (Å²) in [5, 5.41) is 2.68. The van der Waals surface area contributed by atoms with Gasteiger partial charge in [0.1, 0.15) is 5.54 Å². The summed E-state index contributed by atoms with van der Waals surface area (Å²) in [4.78, 5) is 25.4. The summed E-state index contributed by atoms with van der Waals surface area (Å²) < 4.78 is 5.00. The lowest BCUT2D eigenvalue weighted by molar-refractivity contribution is -0.132. The molecule has 1 aromatic rings. The van der Waals surface area contributed by atoms with E-state index in [-0.39, 0.29) is 25.1 Å². The number of ether oxygens (including phenoxy) is 1. The van der Waals surface area contributed by atoms with Crippen LogP contribution in [-0.2, 0) is 16.1 Å². The molecule has 3 amide bonds. The predicted molar refractivity (Wildman–Crippen MR) is 70.5 cm³/mol. The van der Waals surface area contributed by atoms with E-state index in [0.717, 1.165) is 11.1 Å². The monoisotopic (exact) mass is 262 g/mol. The van der Waals surface area contributed by atoms with Gasteiger partial charge >= 0.3 is 6.03 Å². The second-order valence-corrected chi connectivity index (χ2v) is 5.08. The van der Waals surface area contributed by atoms with Crippen molar-refractivity contribution < 1.29 is 14.3 Å². The predicted octanol–water partition coefficient (Wildman–Crippen LogP) is 1.45. The molecular formula is C14H18N2O3. The number of hydrogen-bond donors (Lipinski definition) is 1. The molecule has 19 heavy (non-hydrogen) atoms. The zero-order chi connectivity index (χ0) is 14.0. The van der Waals surface area contributed by atoms with Crippen LogP contribution in [0, 0.1) is 6.92 Å². The molecule has 1 N–H and O–H groups in total. The minimum atomic E-state index is -0.963. The highest BCUT2D eigenvalue weighted by molar-refractivity contribution is 6.06. The Bertz CT molecular complexity index is 515. The maximum atomic E-state index is 12.3. The van der Waals surface area contributed by atoms with Crippen molar-refractivity contribution in [3.63, 3.8) is 0 Å². The highest BCUT2D eigenvalue weighted by atomic mass is 16.5. The van der Waals surface area contributed by atoms with Gasteiger partial charge in [0.2, 0.25) is 0 Å². The second-order valence-electron chi connectivity index (χ2n) is 5.08. The third kappa shape index (κ3) is 2.61. The van der Waals surface area contributed by atoms with Crippen LogP contribution < -0.4 is 5.32 Å². The molecule has 0 aliphatic carbocycles. The van der Waals surface area contributed by atoms with E-state index in [2.05, 4.69) is 5.32 Å². The molecule has 5 heteroatoms. The van der Waals surface area contributed by atoms with Crippen molar-refractivity contribution in [3.05, 3.63) is 35.4 Å². The lowest BCUT2D eigenvalue weighted by atomic mass is 10.0. The molecular weight excluding hydrogens is 244 g/mol. The van der Waals surface area contributed by atoms with Gasteiger partial charge in [-0.15, -0.1) is 0 Å². The molecule has 0 radical (unpaired) electrons. The first-order chi connectivity index (χ1) is 8.96. The summed E-state index contributed by atoms with van der Waals surface area (Å²) in [6.07, 6.45) is 0. The van der Waals surface area contributed by atoms with Gasteiger partial charge in [-0.1, -0.05) is 29.8 Å². The fraction of sp³-hybridized carbons (Fsp3) is 0.429. The molecule has 2 rings (SSSR count). The van der Waals surface area contributed by atoms with Gasteiger partial charge in [0.25, 0.3) is 5.91 Å². The van der Waals surface area contributed by atoms with Crippen molar-refractivity contribution in [1.29, 1.82) is 0 Å². The van der Waals surface area contributed by atoms with Crippen molar-refractivity contribution in [2.45, 2.75) is 25.9 Å². The number of aryl methyl sites for hydroxylation is 1. The number of benzene rings is 1. The molecule has 0 aromatic heterocycles. The van der Waals surface area contributed by atoms with Gasteiger partial charge in [-0.3, -0.25) is 9.69 Å². The average Bonchev–Trinajstić information content (AvgIpc) is 2.54. The average molecular weight is 262 g/mol. The number of carbonyl (C=O) groups is 2. The van der Waals surface area contributed by atoms with Gasteiger partial charge in [-0.05, 0) is 19.4 Å². The SMILES string of the molecule is COC[C@@]1(C)NC(=O)N(Cc2cccc(C)c2)C1=O. The maximum Gasteiger partial charge on any atom is 0.325 e. The molecule has 0 saturated carbocycles. The number of nitrogens with zero attached hydrogens (tertiary/aromatic N) is 1. The standard InChI is InChI=1S/C14H18N2O3/c1-10-5-4-6-11(7-10)8-16-12(17)14(2,9-19-3)15-13(16)18/h4-7H,8-9H2,1-3H3,(H,15,18)/t14-/m1/s1. The van der Waals surface area contributed by atoms with Crippen LogP contribution >= 0.6 is 0 Å². The van der Waals surface area contributed by atoms with E-state index in [4.69, 9.17) is 4.74 Å². The fourth-order valence-corrected chi connectivity index (χ4v) is 2.27. The molecule has 5 nitrogen and oxygen atoms in total. The van der Waals surface area contributed by atoms with Crippen LogP contribution in [0.4, 0.5) is 4.79 Å². The van der Waals surface area contributed by atoms with E-state index in [0.29, 0.717) is 0 Å². The maximum absolute atomic E-state index is 12.3. The summed E-state index contributed by atoms with van der Waals surface area (Å²) in [6, 6.07) is 7.39. The zero-order valence-corrected chi connectivity index (χ0v) is 11.4. The second kappa shape index (κ2) is 5.01. The van der Waals surface area contributed by atoms with Crippen LogP contribution in [-0.4, -0.2) is 36.1 Å². The Morgan fingerprint density at radius 2 is 2.11 bits per heavy atom. The van der Waals surface area contributed by atoms with Crippen molar-refractivity contribution in [3.8, 4) is 0 Å². The van der Waals surface area contributed by atoms with Gasteiger partial charge in [0.15, 0.2) is 0 Å². The molecule has 0 unspecified atom stereocenters. The molecule has 1 aliphatic heterocycles. The van der Waals surface area contributed by atoms with Crippen molar-refractivity contribution in [1.82, 2.24) is 10.2 Å². The van der Waals surface area contributed by atoms with Gasteiger partial charge < -0.3 is 10.1 Å². The van der Waals surface area contributed by atoms with E-state index < -0.39 is 5.54 Å². The molecule has 0 spiro atoms. The number of amides is 3. The molecule has 1 atom stereocenters. The Morgan fingerprint density at radius 1 is 1.37 bits per heavy atom. The van der Waals surface area contributed by atoms with Gasteiger partial charge in [-0.25, -0.2) is 4.79 Å². The zero-order valence-electron chi connectivity index (χ0n) is 11.4. The summed E-state index contributed by atoms with van der Waals surface area (Å²) in [5.74, 6) is -0.249. The number of hydrogen-bond acceptors (Lipinski definition) is 3. The van der Waals surface area contributed by atoms with E-state index in [9.17, 15) is 9.59 Å². The van der Waals surface area contributed by atoms with Gasteiger partial charge in [-0.2, -0.15) is 0 Å². The lowest BCUT2D eigenvalue weighted by Crippen LogP contribution is -2.47. The topological polar surface area (TPSA) is 58.6 Å². The van der Waals surface area contributed by atoms with Crippen LogP contribution in [0.3, 0.4) is 0 Å².